The van der Waals surface area contributed by atoms with Gasteiger partial charge in [0.15, 0.2) is 0 Å². The van der Waals surface area contributed by atoms with E-state index in [-0.39, 0.29) is 5.91 Å². The Morgan fingerprint density at radius 1 is 1.38 bits per heavy atom. The van der Waals surface area contributed by atoms with Crippen molar-refractivity contribution in [3.63, 3.8) is 0 Å². The molecule has 7 heteroatoms. The SMILES string of the molecule is Cc1noc(C)c1CC(=O)N1CCC(n2ccnn2)CC1. The third-order valence-electron chi connectivity index (χ3n) is 4.14. The third-order valence-corrected chi connectivity index (χ3v) is 4.14. The standard InChI is InChI=1S/C14H19N5O2/c1-10-13(11(2)21-16-10)9-14(20)18-6-3-12(4-7-18)19-8-5-15-17-19/h5,8,12H,3-4,6-7,9H2,1-2H3. The molecule has 0 bridgehead atoms. The zero-order valence-electron chi connectivity index (χ0n) is 12.3. The van der Waals surface area contributed by atoms with E-state index in [2.05, 4.69) is 15.5 Å². The Balaban J connectivity index is 1.58. The largest absolute Gasteiger partial charge is 0.361 e. The number of piperidine rings is 1. The van der Waals surface area contributed by atoms with Crippen LogP contribution in [0.4, 0.5) is 0 Å². The minimum Gasteiger partial charge on any atom is -0.361 e. The topological polar surface area (TPSA) is 77.0 Å². The molecule has 21 heavy (non-hydrogen) atoms. The predicted molar refractivity (Wildman–Crippen MR) is 74.6 cm³/mol. The Kier molecular flexibility index (Phi) is 3.72. The molecule has 0 N–H and O–H groups in total. The lowest BCUT2D eigenvalue weighted by Gasteiger charge is -2.31. The molecule has 1 aliphatic rings. The maximum Gasteiger partial charge on any atom is 0.227 e. The highest BCUT2D eigenvalue weighted by molar-refractivity contribution is 5.79. The molecule has 1 fully saturated rings. The number of carbonyl (C=O) groups is 1. The summed E-state index contributed by atoms with van der Waals surface area (Å²) in [6, 6.07) is 0.343. The number of aromatic nitrogens is 4. The summed E-state index contributed by atoms with van der Waals surface area (Å²) in [6.07, 6.45) is 5.77. The van der Waals surface area contributed by atoms with Crippen LogP contribution in [-0.2, 0) is 11.2 Å². The monoisotopic (exact) mass is 289 g/mol. The second kappa shape index (κ2) is 5.67. The Morgan fingerprint density at radius 3 is 2.71 bits per heavy atom. The summed E-state index contributed by atoms with van der Waals surface area (Å²) in [6.45, 7) is 5.23. The first-order valence-electron chi connectivity index (χ1n) is 7.20. The molecule has 0 saturated carbocycles. The number of carbonyl (C=O) groups excluding carboxylic acids is 1. The van der Waals surface area contributed by atoms with Gasteiger partial charge in [0.1, 0.15) is 5.76 Å². The summed E-state index contributed by atoms with van der Waals surface area (Å²) in [5.41, 5.74) is 1.72. The van der Waals surface area contributed by atoms with Crippen molar-refractivity contribution in [3.05, 3.63) is 29.4 Å². The van der Waals surface area contributed by atoms with E-state index in [9.17, 15) is 4.79 Å². The van der Waals surface area contributed by atoms with Crippen LogP contribution < -0.4 is 0 Å². The van der Waals surface area contributed by atoms with Gasteiger partial charge in [0.25, 0.3) is 0 Å². The van der Waals surface area contributed by atoms with E-state index in [1.54, 1.807) is 6.20 Å². The van der Waals surface area contributed by atoms with Crippen molar-refractivity contribution in [2.75, 3.05) is 13.1 Å². The maximum absolute atomic E-state index is 12.4. The van der Waals surface area contributed by atoms with Crippen LogP contribution in [0, 0.1) is 13.8 Å². The number of rotatable bonds is 3. The van der Waals surface area contributed by atoms with Gasteiger partial charge >= 0.3 is 0 Å². The zero-order chi connectivity index (χ0) is 14.8. The van der Waals surface area contributed by atoms with E-state index in [1.165, 1.54) is 0 Å². The van der Waals surface area contributed by atoms with Gasteiger partial charge < -0.3 is 9.42 Å². The van der Waals surface area contributed by atoms with E-state index in [1.807, 2.05) is 29.6 Å². The fourth-order valence-electron chi connectivity index (χ4n) is 2.81. The summed E-state index contributed by atoms with van der Waals surface area (Å²) in [5.74, 6) is 0.875. The number of aryl methyl sites for hydroxylation is 2. The molecule has 0 spiro atoms. The molecule has 1 saturated heterocycles. The molecule has 0 atom stereocenters. The first kappa shape index (κ1) is 13.8. The zero-order valence-corrected chi connectivity index (χ0v) is 12.3. The molecular formula is C14H19N5O2. The summed E-state index contributed by atoms with van der Waals surface area (Å²) in [5, 5.41) is 11.8. The first-order chi connectivity index (χ1) is 10.1. The van der Waals surface area contributed by atoms with Crippen molar-refractivity contribution < 1.29 is 9.32 Å². The highest BCUT2D eigenvalue weighted by Crippen LogP contribution is 2.22. The molecule has 1 amide bonds. The molecule has 0 aliphatic carbocycles. The van der Waals surface area contributed by atoms with Gasteiger partial charge in [-0.2, -0.15) is 0 Å². The van der Waals surface area contributed by atoms with Gasteiger partial charge in [-0.15, -0.1) is 5.10 Å². The smallest absolute Gasteiger partial charge is 0.227 e. The Labute approximate surface area is 122 Å². The highest BCUT2D eigenvalue weighted by atomic mass is 16.5. The molecule has 7 nitrogen and oxygen atoms in total. The van der Waals surface area contributed by atoms with Crippen LogP contribution in [0.2, 0.25) is 0 Å². The molecular weight excluding hydrogens is 270 g/mol. The van der Waals surface area contributed by atoms with Crippen LogP contribution >= 0.6 is 0 Å². The lowest BCUT2D eigenvalue weighted by molar-refractivity contribution is -0.131. The molecule has 1 aliphatic heterocycles. The van der Waals surface area contributed by atoms with E-state index in [4.69, 9.17) is 4.52 Å². The van der Waals surface area contributed by atoms with Crippen molar-refractivity contribution in [3.8, 4) is 0 Å². The van der Waals surface area contributed by atoms with Crippen LogP contribution in [0.15, 0.2) is 16.9 Å². The van der Waals surface area contributed by atoms with Crippen LogP contribution in [0.3, 0.4) is 0 Å². The average Bonchev–Trinajstić information content (AvgIpc) is 3.13. The van der Waals surface area contributed by atoms with E-state index in [0.717, 1.165) is 42.9 Å². The van der Waals surface area contributed by atoms with Gasteiger partial charge in [-0.1, -0.05) is 10.4 Å². The van der Waals surface area contributed by atoms with Crippen molar-refractivity contribution >= 4 is 5.91 Å². The molecule has 0 unspecified atom stereocenters. The second-order valence-electron chi connectivity index (χ2n) is 5.47. The van der Waals surface area contributed by atoms with Crippen LogP contribution in [0.1, 0.15) is 35.9 Å². The minimum absolute atomic E-state index is 0.140. The minimum atomic E-state index is 0.140. The van der Waals surface area contributed by atoms with Gasteiger partial charge in [0.2, 0.25) is 5.91 Å². The number of nitrogens with zero attached hydrogens (tertiary/aromatic N) is 5. The fraction of sp³-hybridized carbons (Fsp3) is 0.571. The highest BCUT2D eigenvalue weighted by Gasteiger charge is 2.25. The molecule has 0 radical (unpaired) electrons. The third kappa shape index (κ3) is 2.81. The Hall–Kier alpha value is -2.18. The normalized spacial score (nSPS) is 16.4. The van der Waals surface area contributed by atoms with E-state index >= 15 is 0 Å². The lowest BCUT2D eigenvalue weighted by atomic mass is 10.0. The number of likely N-dealkylation sites (tertiary alicyclic amines) is 1. The molecule has 2 aromatic rings. The fourth-order valence-corrected chi connectivity index (χ4v) is 2.81. The van der Waals surface area contributed by atoms with Crippen molar-refractivity contribution in [2.45, 2.75) is 39.2 Å². The van der Waals surface area contributed by atoms with Crippen LogP contribution in [0.25, 0.3) is 0 Å². The number of amides is 1. The average molecular weight is 289 g/mol. The lowest BCUT2D eigenvalue weighted by Crippen LogP contribution is -2.40. The molecule has 3 heterocycles. The van der Waals surface area contributed by atoms with Gasteiger partial charge in [-0.25, -0.2) is 4.68 Å². The first-order valence-corrected chi connectivity index (χ1v) is 7.20. The molecule has 2 aromatic heterocycles. The van der Waals surface area contributed by atoms with Crippen LogP contribution in [0.5, 0.6) is 0 Å². The molecule has 3 rings (SSSR count). The quantitative estimate of drug-likeness (QED) is 0.851. The predicted octanol–water partition coefficient (Wildman–Crippen LogP) is 1.29. The van der Waals surface area contributed by atoms with Gasteiger partial charge in [-0.3, -0.25) is 4.79 Å². The summed E-state index contributed by atoms with van der Waals surface area (Å²) < 4.78 is 7.00. The van der Waals surface area contributed by atoms with Crippen molar-refractivity contribution in [1.29, 1.82) is 0 Å². The summed E-state index contributed by atoms with van der Waals surface area (Å²) in [4.78, 5) is 14.3. The van der Waals surface area contributed by atoms with Gasteiger partial charge in [0.05, 0.1) is 24.4 Å². The van der Waals surface area contributed by atoms with Gasteiger partial charge in [0, 0.05) is 24.8 Å². The van der Waals surface area contributed by atoms with Crippen LogP contribution in [-0.4, -0.2) is 44.0 Å². The second-order valence-corrected chi connectivity index (χ2v) is 5.47. The van der Waals surface area contributed by atoms with E-state index < -0.39 is 0 Å². The van der Waals surface area contributed by atoms with Gasteiger partial charge in [-0.05, 0) is 26.7 Å². The van der Waals surface area contributed by atoms with Crippen molar-refractivity contribution in [2.24, 2.45) is 0 Å². The Bertz CT molecular complexity index is 592. The summed E-state index contributed by atoms with van der Waals surface area (Å²) in [7, 11) is 0. The Morgan fingerprint density at radius 2 is 2.14 bits per heavy atom. The van der Waals surface area contributed by atoms with E-state index in [0.29, 0.717) is 12.5 Å². The molecule has 112 valence electrons. The summed E-state index contributed by atoms with van der Waals surface area (Å²) >= 11 is 0. The number of hydrogen-bond donors (Lipinski definition) is 0. The maximum atomic E-state index is 12.4. The number of hydrogen-bond acceptors (Lipinski definition) is 5. The molecule has 0 aromatic carbocycles. The van der Waals surface area contributed by atoms with Crippen molar-refractivity contribution in [1.82, 2.24) is 25.1 Å².